The Bertz CT molecular complexity index is 511. The molecular formula is C12H13ClFN3O. The summed E-state index contributed by atoms with van der Waals surface area (Å²) in [4.78, 5) is 13.8. The molecule has 0 aliphatic rings. The molecule has 0 radical (unpaired) electrons. The fourth-order valence-corrected chi connectivity index (χ4v) is 1.26. The van der Waals surface area contributed by atoms with Crippen LogP contribution in [0.4, 0.5) is 10.1 Å². The Balaban J connectivity index is 0.000000199. The minimum atomic E-state index is -0.497. The SMILES string of the molecule is Cc1cncn1C.O=CNc1ccc(F)c(Cl)c1. The van der Waals surface area contributed by atoms with Crippen LogP contribution in [0.2, 0.25) is 5.02 Å². The van der Waals surface area contributed by atoms with Crippen molar-refractivity contribution < 1.29 is 9.18 Å². The van der Waals surface area contributed by atoms with E-state index in [1.807, 2.05) is 24.7 Å². The van der Waals surface area contributed by atoms with Crippen LogP contribution in [0.3, 0.4) is 0 Å². The summed E-state index contributed by atoms with van der Waals surface area (Å²) in [5, 5.41) is 2.34. The number of carbonyl (C=O) groups excluding carboxylic acids is 1. The number of rotatable bonds is 2. The summed E-state index contributed by atoms with van der Waals surface area (Å²) in [6.07, 6.45) is 4.12. The van der Waals surface area contributed by atoms with Crippen LogP contribution in [0.5, 0.6) is 0 Å². The van der Waals surface area contributed by atoms with E-state index < -0.39 is 5.82 Å². The topological polar surface area (TPSA) is 46.9 Å². The Morgan fingerprint density at radius 2 is 2.22 bits per heavy atom. The number of carbonyl (C=O) groups is 1. The van der Waals surface area contributed by atoms with Gasteiger partial charge in [0.15, 0.2) is 0 Å². The van der Waals surface area contributed by atoms with Gasteiger partial charge in [0.2, 0.25) is 6.41 Å². The van der Waals surface area contributed by atoms with Gasteiger partial charge in [0.1, 0.15) is 5.82 Å². The molecule has 0 spiro atoms. The first-order valence-electron chi connectivity index (χ1n) is 5.12. The molecule has 6 heteroatoms. The lowest BCUT2D eigenvalue weighted by Gasteiger charge is -1.98. The molecule has 1 aromatic carbocycles. The van der Waals surface area contributed by atoms with Gasteiger partial charge in [0.25, 0.3) is 0 Å². The first kappa shape index (κ1) is 14.2. The van der Waals surface area contributed by atoms with Crippen molar-refractivity contribution in [2.24, 2.45) is 7.05 Å². The smallest absolute Gasteiger partial charge is 0.211 e. The number of imidazole rings is 1. The molecule has 2 aromatic rings. The summed E-state index contributed by atoms with van der Waals surface area (Å²) in [6.45, 7) is 2.02. The summed E-state index contributed by atoms with van der Waals surface area (Å²) in [5.41, 5.74) is 1.67. The van der Waals surface area contributed by atoms with Crippen LogP contribution in [-0.2, 0) is 11.8 Å². The molecule has 4 nitrogen and oxygen atoms in total. The lowest BCUT2D eigenvalue weighted by molar-refractivity contribution is -0.105. The lowest BCUT2D eigenvalue weighted by atomic mass is 10.3. The highest BCUT2D eigenvalue weighted by molar-refractivity contribution is 6.31. The fraction of sp³-hybridized carbons (Fsp3) is 0.167. The van der Waals surface area contributed by atoms with E-state index in [0.29, 0.717) is 12.1 Å². The van der Waals surface area contributed by atoms with Crippen LogP contribution in [0, 0.1) is 12.7 Å². The second kappa shape index (κ2) is 6.76. The molecule has 1 amide bonds. The molecule has 2 rings (SSSR count). The lowest BCUT2D eigenvalue weighted by Crippen LogP contribution is -1.93. The molecule has 0 saturated carbocycles. The zero-order chi connectivity index (χ0) is 13.5. The van der Waals surface area contributed by atoms with Gasteiger partial charge < -0.3 is 9.88 Å². The van der Waals surface area contributed by atoms with Gasteiger partial charge in [-0.2, -0.15) is 0 Å². The monoisotopic (exact) mass is 269 g/mol. The summed E-state index contributed by atoms with van der Waals surface area (Å²) in [7, 11) is 1.97. The van der Waals surface area contributed by atoms with Crippen LogP contribution in [0.25, 0.3) is 0 Å². The Hall–Kier alpha value is -1.88. The van der Waals surface area contributed by atoms with E-state index in [9.17, 15) is 9.18 Å². The highest BCUT2D eigenvalue weighted by Gasteiger charge is 1.98. The van der Waals surface area contributed by atoms with Gasteiger partial charge in [-0.15, -0.1) is 0 Å². The number of aromatic nitrogens is 2. The van der Waals surface area contributed by atoms with E-state index in [0.717, 1.165) is 0 Å². The van der Waals surface area contributed by atoms with Crippen molar-refractivity contribution in [2.45, 2.75) is 6.92 Å². The first-order valence-corrected chi connectivity index (χ1v) is 5.50. The Labute approximate surface area is 109 Å². The maximum Gasteiger partial charge on any atom is 0.211 e. The Kier molecular flexibility index (Phi) is 5.32. The third-order valence-electron chi connectivity index (χ3n) is 2.20. The minimum absolute atomic E-state index is 0.00292. The predicted octanol–water partition coefficient (Wildman–Crippen LogP) is 2.78. The molecule has 0 saturated heterocycles. The number of hydrogen-bond donors (Lipinski definition) is 1. The largest absolute Gasteiger partial charge is 0.338 e. The maximum atomic E-state index is 12.5. The van der Waals surface area contributed by atoms with Gasteiger partial charge in [-0.1, -0.05) is 11.6 Å². The molecule has 0 bridgehead atoms. The number of benzene rings is 1. The van der Waals surface area contributed by atoms with Crippen molar-refractivity contribution in [3.63, 3.8) is 0 Å². The Morgan fingerprint density at radius 1 is 1.50 bits per heavy atom. The first-order chi connectivity index (χ1) is 8.54. The van der Waals surface area contributed by atoms with E-state index in [1.54, 1.807) is 6.33 Å². The summed E-state index contributed by atoms with van der Waals surface area (Å²) >= 11 is 5.42. The van der Waals surface area contributed by atoms with Crippen LogP contribution < -0.4 is 5.32 Å². The number of anilines is 1. The van der Waals surface area contributed by atoms with Gasteiger partial charge in [-0.3, -0.25) is 4.79 Å². The molecule has 0 aliphatic carbocycles. The quantitative estimate of drug-likeness (QED) is 0.852. The van der Waals surface area contributed by atoms with Gasteiger partial charge in [0.05, 0.1) is 11.3 Å². The van der Waals surface area contributed by atoms with Gasteiger partial charge in [0, 0.05) is 24.6 Å². The summed E-state index contributed by atoms with van der Waals surface area (Å²) < 4.78 is 14.5. The molecule has 0 atom stereocenters. The number of aryl methyl sites for hydroxylation is 2. The molecule has 1 aromatic heterocycles. The molecular weight excluding hydrogens is 257 g/mol. The zero-order valence-electron chi connectivity index (χ0n) is 10.0. The van der Waals surface area contributed by atoms with E-state index in [1.165, 1.54) is 23.9 Å². The van der Waals surface area contributed by atoms with Gasteiger partial charge >= 0.3 is 0 Å². The molecule has 18 heavy (non-hydrogen) atoms. The molecule has 0 aliphatic heterocycles. The van der Waals surface area contributed by atoms with Crippen molar-refractivity contribution in [3.05, 3.63) is 47.3 Å². The van der Waals surface area contributed by atoms with Crippen LogP contribution >= 0.6 is 11.6 Å². The second-order valence-electron chi connectivity index (χ2n) is 3.54. The fourth-order valence-electron chi connectivity index (χ4n) is 1.08. The molecule has 0 fully saturated rings. The molecule has 1 heterocycles. The number of amides is 1. The van der Waals surface area contributed by atoms with Crippen LogP contribution in [-0.4, -0.2) is 16.0 Å². The Morgan fingerprint density at radius 3 is 2.61 bits per heavy atom. The van der Waals surface area contributed by atoms with E-state index >= 15 is 0 Å². The maximum absolute atomic E-state index is 12.5. The predicted molar refractivity (Wildman–Crippen MR) is 69.0 cm³/mol. The van der Waals surface area contributed by atoms with Crippen molar-refractivity contribution in [1.82, 2.24) is 9.55 Å². The van der Waals surface area contributed by atoms with Gasteiger partial charge in [-0.25, -0.2) is 9.37 Å². The van der Waals surface area contributed by atoms with E-state index in [2.05, 4.69) is 10.3 Å². The third-order valence-corrected chi connectivity index (χ3v) is 2.49. The van der Waals surface area contributed by atoms with Crippen LogP contribution in [0.1, 0.15) is 5.69 Å². The number of nitrogens with one attached hydrogen (secondary N) is 1. The highest BCUT2D eigenvalue weighted by atomic mass is 35.5. The van der Waals surface area contributed by atoms with Crippen molar-refractivity contribution in [2.75, 3.05) is 5.32 Å². The minimum Gasteiger partial charge on any atom is -0.338 e. The number of hydrogen-bond acceptors (Lipinski definition) is 2. The standard InChI is InChI=1S/C7H5ClFNO.C5H8N2/c8-6-3-5(10-4-11)1-2-7(6)9;1-5-3-6-4-7(5)2/h1-4H,(H,10,11);3-4H,1-2H3. The molecule has 0 unspecified atom stereocenters. The third kappa shape index (κ3) is 4.18. The highest BCUT2D eigenvalue weighted by Crippen LogP contribution is 2.18. The molecule has 96 valence electrons. The molecule has 1 N–H and O–H groups in total. The normalized spacial score (nSPS) is 9.33. The van der Waals surface area contributed by atoms with Crippen molar-refractivity contribution >= 4 is 23.7 Å². The second-order valence-corrected chi connectivity index (χ2v) is 3.94. The summed E-state index contributed by atoms with van der Waals surface area (Å²) in [5.74, 6) is -0.497. The van der Waals surface area contributed by atoms with Crippen LogP contribution in [0.15, 0.2) is 30.7 Å². The van der Waals surface area contributed by atoms with E-state index in [-0.39, 0.29) is 5.02 Å². The van der Waals surface area contributed by atoms with E-state index in [4.69, 9.17) is 11.6 Å². The van der Waals surface area contributed by atoms with Gasteiger partial charge in [-0.05, 0) is 25.1 Å². The van der Waals surface area contributed by atoms with Crippen molar-refractivity contribution in [3.8, 4) is 0 Å². The number of nitrogens with zero attached hydrogens (tertiary/aromatic N) is 2. The van der Waals surface area contributed by atoms with Crippen molar-refractivity contribution in [1.29, 1.82) is 0 Å². The average molecular weight is 270 g/mol. The average Bonchev–Trinajstić information content (AvgIpc) is 2.70. The zero-order valence-corrected chi connectivity index (χ0v) is 10.8. The number of halogens is 2. The summed E-state index contributed by atoms with van der Waals surface area (Å²) in [6, 6.07) is 3.95.